The topological polar surface area (TPSA) is 55.8 Å². The molecule has 0 atom stereocenters. The van der Waals surface area contributed by atoms with Crippen molar-refractivity contribution in [1.82, 2.24) is 0 Å². The van der Waals surface area contributed by atoms with E-state index in [1.54, 1.807) is 30.3 Å². The fourth-order valence-corrected chi connectivity index (χ4v) is 1.67. The minimum atomic E-state index is -0.430. The van der Waals surface area contributed by atoms with Crippen LogP contribution in [0.4, 0.5) is 0 Å². The highest BCUT2D eigenvalue weighted by molar-refractivity contribution is 5.73. The fraction of sp³-hybridized carbons (Fsp3) is 0.133. The molecule has 2 rings (SSSR count). The van der Waals surface area contributed by atoms with Gasteiger partial charge in [0.1, 0.15) is 11.5 Å². The number of phenolic OH excluding ortho intramolecular Hbond substituents is 1. The summed E-state index contributed by atoms with van der Waals surface area (Å²) in [5, 5.41) is 9.29. The number of carbonyl (C=O) groups excluding carboxylic acids is 1. The van der Waals surface area contributed by atoms with Gasteiger partial charge in [-0.25, -0.2) is 4.79 Å². The van der Waals surface area contributed by atoms with E-state index in [-0.39, 0.29) is 12.4 Å². The number of para-hydroxylation sites is 1. The molecule has 0 radical (unpaired) electrons. The molecule has 19 heavy (non-hydrogen) atoms. The quantitative estimate of drug-likeness (QED) is 0.856. The molecule has 0 aromatic heterocycles. The van der Waals surface area contributed by atoms with Crippen molar-refractivity contribution >= 4 is 5.97 Å². The second kappa shape index (κ2) is 5.91. The van der Waals surface area contributed by atoms with Crippen LogP contribution in [-0.2, 0) is 9.53 Å². The van der Waals surface area contributed by atoms with Crippen LogP contribution >= 0.6 is 0 Å². The van der Waals surface area contributed by atoms with E-state index in [0.717, 1.165) is 11.1 Å². The highest BCUT2D eigenvalue weighted by Gasteiger charge is 2.08. The van der Waals surface area contributed by atoms with Crippen molar-refractivity contribution in [3.8, 4) is 22.6 Å². The van der Waals surface area contributed by atoms with E-state index in [0.29, 0.717) is 5.75 Å². The largest absolute Gasteiger partial charge is 0.508 e. The van der Waals surface area contributed by atoms with Crippen molar-refractivity contribution in [2.45, 2.75) is 0 Å². The average Bonchev–Trinajstić information content (AvgIpc) is 2.46. The molecule has 1 N–H and O–H groups in total. The maximum absolute atomic E-state index is 11.1. The Labute approximate surface area is 111 Å². The lowest BCUT2D eigenvalue weighted by molar-refractivity contribution is -0.142. The number of hydrogen-bond donors (Lipinski definition) is 1. The number of rotatable bonds is 4. The van der Waals surface area contributed by atoms with E-state index < -0.39 is 5.97 Å². The number of ether oxygens (including phenoxy) is 2. The minimum Gasteiger partial charge on any atom is -0.508 e. The minimum absolute atomic E-state index is 0.133. The molecule has 0 saturated heterocycles. The Morgan fingerprint density at radius 2 is 1.79 bits per heavy atom. The Kier molecular flexibility index (Phi) is 4.03. The third kappa shape index (κ3) is 3.25. The van der Waals surface area contributed by atoms with Crippen LogP contribution in [0.25, 0.3) is 11.1 Å². The van der Waals surface area contributed by atoms with Crippen molar-refractivity contribution in [2.24, 2.45) is 0 Å². The van der Waals surface area contributed by atoms with Crippen LogP contribution in [0.2, 0.25) is 0 Å². The zero-order valence-electron chi connectivity index (χ0n) is 10.5. The summed E-state index contributed by atoms with van der Waals surface area (Å²) in [6.07, 6.45) is 0. The third-order valence-electron chi connectivity index (χ3n) is 2.64. The van der Waals surface area contributed by atoms with Gasteiger partial charge in [0.15, 0.2) is 6.61 Å². The van der Waals surface area contributed by atoms with Gasteiger partial charge in [0, 0.05) is 5.56 Å². The van der Waals surface area contributed by atoms with Crippen LogP contribution in [0.15, 0.2) is 48.5 Å². The lowest BCUT2D eigenvalue weighted by atomic mass is 10.0. The summed E-state index contributed by atoms with van der Waals surface area (Å²) >= 11 is 0. The SMILES string of the molecule is COC(=O)COc1ccccc1-c1ccc(O)cc1. The molecule has 0 aliphatic carbocycles. The Hall–Kier alpha value is -2.49. The van der Waals surface area contributed by atoms with Crippen molar-refractivity contribution in [2.75, 3.05) is 13.7 Å². The Morgan fingerprint density at radius 1 is 1.11 bits per heavy atom. The molecular weight excluding hydrogens is 244 g/mol. The van der Waals surface area contributed by atoms with Gasteiger partial charge >= 0.3 is 5.97 Å². The average molecular weight is 258 g/mol. The molecule has 0 saturated carbocycles. The molecule has 2 aromatic rings. The smallest absolute Gasteiger partial charge is 0.343 e. The summed E-state index contributed by atoms with van der Waals surface area (Å²) in [6.45, 7) is -0.133. The summed E-state index contributed by atoms with van der Waals surface area (Å²) in [6, 6.07) is 14.2. The zero-order chi connectivity index (χ0) is 13.7. The van der Waals surface area contributed by atoms with Crippen LogP contribution in [0.3, 0.4) is 0 Å². The summed E-state index contributed by atoms with van der Waals surface area (Å²) in [4.78, 5) is 11.1. The molecule has 2 aromatic carbocycles. The lowest BCUT2D eigenvalue weighted by Crippen LogP contribution is -2.12. The van der Waals surface area contributed by atoms with Crippen LogP contribution in [0, 0.1) is 0 Å². The predicted octanol–water partition coefficient (Wildman–Crippen LogP) is 2.61. The van der Waals surface area contributed by atoms with E-state index >= 15 is 0 Å². The Balaban J connectivity index is 2.25. The summed E-state index contributed by atoms with van der Waals surface area (Å²) < 4.78 is 9.97. The van der Waals surface area contributed by atoms with Gasteiger partial charge in [0.2, 0.25) is 0 Å². The number of methoxy groups -OCH3 is 1. The number of esters is 1. The van der Waals surface area contributed by atoms with Crippen LogP contribution in [0.5, 0.6) is 11.5 Å². The van der Waals surface area contributed by atoms with Gasteiger partial charge in [-0.3, -0.25) is 0 Å². The van der Waals surface area contributed by atoms with E-state index in [9.17, 15) is 9.90 Å². The molecule has 0 amide bonds. The van der Waals surface area contributed by atoms with Crippen molar-refractivity contribution in [1.29, 1.82) is 0 Å². The third-order valence-corrected chi connectivity index (χ3v) is 2.64. The molecule has 0 fully saturated rings. The normalized spacial score (nSPS) is 9.95. The molecule has 4 nitrogen and oxygen atoms in total. The first-order chi connectivity index (χ1) is 9.20. The molecule has 0 aliphatic rings. The van der Waals surface area contributed by atoms with Gasteiger partial charge in [0.25, 0.3) is 0 Å². The van der Waals surface area contributed by atoms with Gasteiger partial charge in [-0.05, 0) is 23.8 Å². The summed E-state index contributed by atoms with van der Waals surface area (Å²) in [5.41, 5.74) is 1.75. The highest BCUT2D eigenvalue weighted by Crippen LogP contribution is 2.30. The number of benzene rings is 2. The van der Waals surface area contributed by atoms with Crippen molar-refractivity contribution < 1.29 is 19.4 Å². The lowest BCUT2D eigenvalue weighted by Gasteiger charge is -2.10. The molecule has 4 heteroatoms. The highest BCUT2D eigenvalue weighted by atomic mass is 16.6. The van der Waals surface area contributed by atoms with E-state index in [1.807, 2.05) is 18.2 Å². The molecule has 98 valence electrons. The van der Waals surface area contributed by atoms with Gasteiger partial charge in [-0.15, -0.1) is 0 Å². The van der Waals surface area contributed by atoms with Gasteiger partial charge in [-0.1, -0.05) is 30.3 Å². The van der Waals surface area contributed by atoms with Gasteiger partial charge < -0.3 is 14.6 Å². The maximum atomic E-state index is 11.1. The van der Waals surface area contributed by atoms with Gasteiger partial charge in [-0.2, -0.15) is 0 Å². The first-order valence-corrected chi connectivity index (χ1v) is 5.79. The van der Waals surface area contributed by atoms with Crippen LogP contribution in [0.1, 0.15) is 0 Å². The summed E-state index contributed by atoms with van der Waals surface area (Å²) in [7, 11) is 1.32. The zero-order valence-corrected chi connectivity index (χ0v) is 10.5. The monoisotopic (exact) mass is 258 g/mol. The van der Waals surface area contributed by atoms with Crippen molar-refractivity contribution in [3.63, 3.8) is 0 Å². The molecule has 0 heterocycles. The molecule has 0 bridgehead atoms. The molecule has 0 spiro atoms. The summed E-state index contributed by atoms with van der Waals surface area (Å²) in [5.74, 6) is 0.371. The first kappa shape index (κ1) is 13.0. The predicted molar refractivity (Wildman–Crippen MR) is 71.1 cm³/mol. The van der Waals surface area contributed by atoms with Crippen molar-refractivity contribution in [3.05, 3.63) is 48.5 Å². The Morgan fingerprint density at radius 3 is 2.47 bits per heavy atom. The standard InChI is InChI=1S/C15H14O4/c1-18-15(17)10-19-14-5-3-2-4-13(14)11-6-8-12(16)9-7-11/h2-9,16H,10H2,1H3. The number of phenols is 1. The van der Waals surface area contributed by atoms with Crippen LogP contribution < -0.4 is 4.74 Å². The maximum Gasteiger partial charge on any atom is 0.343 e. The number of carbonyl (C=O) groups is 1. The van der Waals surface area contributed by atoms with Crippen LogP contribution in [-0.4, -0.2) is 24.8 Å². The molecule has 0 aliphatic heterocycles. The second-order valence-corrected chi connectivity index (χ2v) is 3.91. The van der Waals surface area contributed by atoms with Gasteiger partial charge in [0.05, 0.1) is 7.11 Å². The van der Waals surface area contributed by atoms with E-state index in [4.69, 9.17) is 4.74 Å². The Bertz CT molecular complexity index is 561. The van der Waals surface area contributed by atoms with E-state index in [2.05, 4.69) is 4.74 Å². The first-order valence-electron chi connectivity index (χ1n) is 5.79. The molecular formula is C15H14O4. The van der Waals surface area contributed by atoms with E-state index in [1.165, 1.54) is 7.11 Å². The number of aromatic hydroxyl groups is 1. The number of hydrogen-bond acceptors (Lipinski definition) is 4. The fourth-order valence-electron chi connectivity index (χ4n) is 1.67. The second-order valence-electron chi connectivity index (χ2n) is 3.91. The molecule has 0 unspecified atom stereocenters.